The molecule has 0 unspecified atom stereocenters. The molecule has 0 atom stereocenters. The maximum absolute atomic E-state index is 9.19. The third-order valence-corrected chi connectivity index (χ3v) is 3.30. The van der Waals surface area contributed by atoms with Crippen LogP contribution >= 0.6 is 0 Å². The van der Waals surface area contributed by atoms with Crippen LogP contribution in [0.1, 0.15) is 35.3 Å². The third kappa shape index (κ3) is 2.43. The molecule has 2 rings (SSSR count). The molecule has 0 bridgehead atoms. The molecule has 0 spiro atoms. The molecule has 18 heavy (non-hydrogen) atoms. The fraction of sp³-hybridized carbons (Fsp3) is 0.429. The number of benzene rings is 1. The first kappa shape index (κ1) is 12.8. The number of nitrogens with zero attached hydrogens (tertiary/aromatic N) is 3. The molecule has 1 aromatic carbocycles. The van der Waals surface area contributed by atoms with Crippen LogP contribution in [0.15, 0.2) is 18.2 Å². The van der Waals surface area contributed by atoms with Crippen LogP contribution in [0.4, 0.5) is 0 Å². The zero-order valence-electron chi connectivity index (χ0n) is 11.1. The second-order valence-corrected chi connectivity index (χ2v) is 4.53. The summed E-state index contributed by atoms with van der Waals surface area (Å²) in [7, 11) is 0. The lowest BCUT2D eigenvalue weighted by Crippen LogP contribution is -2.06. The van der Waals surface area contributed by atoms with E-state index in [0.29, 0.717) is 5.82 Å². The zero-order chi connectivity index (χ0) is 13.1. The fourth-order valence-electron chi connectivity index (χ4n) is 2.08. The van der Waals surface area contributed by atoms with E-state index in [4.69, 9.17) is 0 Å². The van der Waals surface area contributed by atoms with Gasteiger partial charge in [0.2, 0.25) is 0 Å². The van der Waals surface area contributed by atoms with Gasteiger partial charge in [-0.05, 0) is 37.5 Å². The van der Waals surface area contributed by atoms with Crippen molar-refractivity contribution in [3.05, 3.63) is 46.5 Å². The largest absolute Gasteiger partial charge is 0.388 e. The van der Waals surface area contributed by atoms with Crippen LogP contribution in [0.2, 0.25) is 0 Å². The maximum Gasteiger partial charge on any atom is 0.158 e. The SMILES string of the molecule is CCn1c(CO)nnc1Cc1ccc(C)c(C)c1. The first-order chi connectivity index (χ1) is 8.65. The summed E-state index contributed by atoms with van der Waals surface area (Å²) >= 11 is 0. The van der Waals surface area contributed by atoms with Crippen molar-refractivity contribution in [3.63, 3.8) is 0 Å². The topological polar surface area (TPSA) is 50.9 Å². The molecule has 0 fully saturated rings. The first-order valence-electron chi connectivity index (χ1n) is 6.23. The highest BCUT2D eigenvalue weighted by molar-refractivity contribution is 5.31. The van der Waals surface area contributed by atoms with E-state index in [0.717, 1.165) is 18.8 Å². The fourth-order valence-corrected chi connectivity index (χ4v) is 2.08. The predicted octanol–water partition coefficient (Wildman–Crippen LogP) is 2.00. The van der Waals surface area contributed by atoms with E-state index in [9.17, 15) is 5.11 Å². The Labute approximate surface area is 107 Å². The Balaban J connectivity index is 2.28. The van der Waals surface area contributed by atoms with E-state index in [1.807, 2.05) is 11.5 Å². The van der Waals surface area contributed by atoms with Gasteiger partial charge in [0.25, 0.3) is 0 Å². The Bertz CT molecular complexity index is 546. The van der Waals surface area contributed by atoms with E-state index in [2.05, 4.69) is 42.2 Å². The molecule has 1 aromatic heterocycles. The van der Waals surface area contributed by atoms with Gasteiger partial charge >= 0.3 is 0 Å². The standard InChI is InChI=1S/C14H19N3O/c1-4-17-13(15-16-14(17)9-18)8-12-6-5-10(2)11(3)7-12/h5-7,18H,4,8-9H2,1-3H3. The van der Waals surface area contributed by atoms with E-state index >= 15 is 0 Å². The van der Waals surface area contributed by atoms with Crippen LogP contribution in [0.25, 0.3) is 0 Å². The normalized spacial score (nSPS) is 10.9. The van der Waals surface area contributed by atoms with Gasteiger partial charge in [0, 0.05) is 13.0 Å². The average Bonchev–Trinajstić information content (AvgIpc) is 2.75. The lowest BCUT2D eigenvalue weighted by Gasteiger charge is -2.07. The minimum Gasteiger partial charge on any atom is -0.388 e. The molecule has 2 aromatic rings. The minimum absolute atomic E-state index is 0.0617. The summed E-state index contributed by atoms with van der Waals surface area (Å²) in [5, 5.41) is 17.3. The molecule has 0 aliphatic heterocycles. The van der Waals surface area contributed by atoms with E-state index in [1.165, 1.54) is 16.7 Å². The molecule has 0 saturated heterocycles. The van der Waals surface area contributed by atoms with Gasteiger partial charge in [-0.3, -0.25) is 0 Å². The molecule has 0 aliphatic rings. The summed E-state index contributed by atoms with van der Waals surface area (Å²) in [6.07, 6.45) is 0.752. The Kier molecular flexibility index (Phi) is 3.77. The van der Waals surface area contributed by atoms with Crippen LogP contribution in [-0.2, 0) is 19.6 Å². The lowest BCUT2D eigenvalue weighted by atomic mass is 10.0. The van der Waals surface area contributed by atoms with E-state index < -0.39 is 0 Å². The van der Waals surface area contributed by atoms with Crippen molar-refractivity contribution < 1.29 is 5.11 Å². The highest BCUT2D eigenvalue weighted by Gasteiger charge is 2.10. The molecule has 1 N–H and O–H groups in total. The van der Waals surface area contributed by atoms with Crippen molar-refractivity contribution in [3.8, 4) is 0 Å². The number of aliphatic hydroxyl groups is 1. The Morgan fingerprint density at radius 1 is 1.11 bits per heavy atom. The average molecular weight is 245 g/mol. The van der Waals surface area contributed by atoms with Crippen LogP contribution in [-0.4, -0.2) is 19.9 Å². The summed E-state index contributed by atoms with van der Waals surface area (Å²) in [6, 6.07) is 6.43. The van der Waals surface area contributed by atoms with Gasteiger partial charge in [-0.2, -0.15) is 0 Å². The minimum atomic E-state index is -0.0617. The van der Waals surface area contributed by atoms with E-state index in [-0.39, 0.29) is 6.61 Å². The summed E-state index contributed by atoms with van der Waals surface area (Å²) in [4.78, 5) is 0. The van der Waals surface area contributed by atoms with Crippen molar-refractivity contribution in [1.29, 1.82) is 0 Å². The smallest absolute Gasteiger partial charge is 0.158 e. The molecule has 96 valence electrons. The van der Waals surface area contributed by atoms with Crippen molar-refractivity contribution in [2.45, 2.75) is 40.3 Å². The Morgan fingerprint density at radius 2 is 1.83 bits per heavy atom. The number of aliphatic hydroxyl groups excluding tert-OH is 1. The first-order valence-corrected chi connectivity index (χ1v) is 6.23. The summed E-state index contributed by atoms with van der Waals surface area (Å²) < 4.78 is 1.97. The predicted molar refractivity (Wildman–Crippen MR) is 70.3 cm³/mol. The van der Waals surface area contributed by atoms with Crippen LogP contribution in [0, 0.1) is 13.8 Å². The zero-order valence-corrected chi connectivity index (χ0v) is 11.1. The highest BCUT2D eigenvalue weighted by Crippen LogP contribution is 2.14. The van der Waals surface area contributed by atoms with Gasteiger partial charge < -0.3 is 9.67 Å². The number of aryl methyl sites for hydroxylation is 2. The van der Waals surface area contributed by atoms with Crippen molar-refractivity contribution in [1.82, 2.24) is 14.8 Å². The van der Waals surface area contributed by atoms with Crippen molar-refractivity contribution in [2.24, 2.45) is 0 Å². The highest BCUT2D eigenvalue weighted by atomic mass is 16.3. The van der Waals surface area contributed by atoms with Crippen molar-refractivity contribution >= 4 is 0 Å². The van der Waals surface area contributed by atoms with Crippen LogP contribution in [0.3, 0.4) is 0 Å². The van der Waals surface area contributed by atoms with Gasteiger partial charge in [-0.15, -0.1) is 10.2 Å². The van der Waals surface area contributed by atoms with Crippen LogP contribution in [0.5, 0.6) is 0 Å². The van der Waals surface area contributed by atoms with Gasteiger partial charge in [0.15, 0.2) is 5.82 Å². The second kappa shape index (κ2) is 5.31. The number of aromatic nitrogens is 3. The molecule has 4 nitrogen and oxygen atoms in total. The quantitative estimate of drug-likeness (QED) is 0.896. The third-order valence-electron chi connectivity index (χ3n) is 3.30. The van der Waals surface area contributed by atoms with Gasteiger partial charge in [0.1, 0.15) is 12.4 Å². The molecule has 1 heterocycles. The number of hydrogen-bond donors (Lipinski definition) is 1. The molecule has 4 heteroatoms. The van der Waals surface area contributed by atoms with Gasteiger partial charge in [-0.1, -0.05) is 18.2 Å². The molecule has 0 amide bonds. The van der Waals surface area contributed by atoms with Gasteiger partial charge in [0.05, 0.1) is 0 Å². The van der Waals surface area contributed by atoms with Gasteiger partial charge in [-0.25, -0.2) is 0 Å². The maximum atomic E-state index is 9.19. The summed E-state index contributed by atoms with van der Waals surface area (Å²) in [5.41, 5.74) is 3.81. The lowest BCUT2D eigenvalue weighted by molar-refractivity contribution is 0.264. The second-order valence-electron chi connectivity index (χ2n) is 4.53. The number of hydrogen-bond acceptors (Lipinski definition) is 3. The Morgan fingerprint density at radius 3 is 2.44 bits per heavy atom. The summed E-state index contributed by atoms with van der Waals surface area (Å²) in [5.74, 6) is 1.54. The molecule has 0 aliphatic carbocycles. The number of rotatable bonds is 4. The molecular weight excluding hydrogens is 226 g/mol. The molecule has 0 saturated carbocycles. The van der Waals surface area contributed by atoms with Crippen molar-refractivity contribution in [2.75, 3.05) is 0 Å². The van der Waals surface area contributed by atoms with Crippen LogP contribution < -0.4 is 0 Å². The molecule has 0 radical (unpaired) electrons. The summed E-state index contributed by atoms with van der Waals surface area (Å²) in [6.45, 7) is 6.98. The van der Waals surface area contributed by atoms with E-state index in [1.54, 1.807) is 0 Å². The molecular formula is C14H19N3O. The monoisotopic (exact) mass is 245 g/mol. The Hall–Kier alpha value is -1.68.